The predicted octanol–water partition coefficient (Wildman–Crippen LogP) is 4.40. The Kier molecular flexibility index (Phi) is 10.7. The summed E-state index contributed by atoms with van der Waals surface area (Å²) in [5.74, 6) is 0. The third-order valence-corrected chi connectivity index (χ3v) is 2.42. The predicted molar refractivity (Wildman–Crippen MR) is 79.2 cm³/mol. The molecule has 0 saturated carbocycles. The molecular weight excluding hydrogens is 206 g/mol. The van der Waals surface area contributed by atoms with Gasteiger partial charge in [-0.3, -0.25) is 0 Å². The molecule has 0 saturated heterocycles. The van der Waals surface area contributed by atoms with E-state index in [2.05, 4.69) is 41.8 Å². The molecule has 96 valence electrons. The van der Waals surface area contributed by atoms with E-state index >= 15 is 0 Å². The van der Waals surface area contributed by atoms with Crippen molar-refractivity contribution in [3.05, 3.63) is 47.6 Å². The highest BCUT2D eigenvalue weighted by Gasteiger charge is 2.05. The standard InChI is InChI=1S/C12H15N.2C2H6/c1-2-4-6-11(5-3-1)12-7-9-13-10-8-12;2*1-2/h1,3-7,13H,2,8-10H2;2*1-2H3. The number of rotatable bonds is 1. The summed E-state index contributed by atoms with van der Waals surface area (Å²) in [6, 6.07) is 0. The van der Waals surface area contributed by atoms with E-state index in [1.54, 1.807) is 0 Å². The van der Waals surface area contributed by atoms with Gasteiger partial charge in [0.1, 0.15) is 0 Å². The second-order valence-corrected chi connectivity index (χ2v) is 3.37. The van der Waals surface area contributed by atoms with Crippen molar-refractivity contribution >= 4 is 0 Å². The molecule has 0 bridgehead atoms. The van der Waals surface area contributed by atoms with Gasteiger partial charge in [-0.1, -0.05) is 64.2 Å². The lowest BCUT2D eigenvalue weighted by molar-refractivity contribution is 0.709. The quantitative estimate of drug-likeness (QED) is 0.708. The van der Waals surface area contributed by atoms with Crippen LogP contribution in [0.25, 0.3) is 0 Å². The maximum atomic E-state index is 3.32. The first-order valence-electron chi connectivity index (χ1n) is 6.90. The van der Waals surface area contributed by atoms with Crippen LogP contribution in [-0.2, 0) is 0 Å². The third kappa shape index (κ3) is 6.28. The van der Waals surface area contributed by atoms with Gasteiger partial charge in [0.2, 0.25) is 0 Å². The van der Waals surface area contributed by atoms with E-state index in [0.29, 0.717) is 0 Å². The highest BCUT2D eigenvalue weighted by atomic mass is 14.8. The van der Waals surface area contributed by atoms with Gasteiger partial charge in [0, 0.05) is 6.54 Å². The zero-order chi connectivity index (χ0) is 12.9. The molecule has 0 atom stereocenters. The van der Waals surface area contributed by atoms with Gasteiger partial charge in [0.05, 0.1) is 0 Å². The lowest BCUT2D eigenvalue weighted by Crippen LogP contribution is -2.20. The van der Waals surface area contributed by atoms with Crippen molar-refractivity contribution < 1.29 is 0 Å². The van der Waals surface area contributed by atoms with Crippen molar-refractivity contribution in [3.8, 4) is 0 Å². The van der Waals surface area contributed by atoms with E-state index < -0.39 is 0 Å². The van der Waals surface area contributed by atoms with Gasteiger partial charge in [-0.05, 0) is 30.5 Å². The van der Waals surface area contributed by atoms with Gasteiger partial charge in [0.25, 0.3) is 0 Å². The highest BCUT2D eigenvalue weighted by molar-refractivity contribution is 5.44. The summed E-state index contributed by atoms with van der Waals surface area (Å²) in [6.07, 6.45) is 15.5. The molecule has 0 fully saturated rings. The fourth-order valence-electron chi connectivity index (χ4n) is 1.68. The molecule has 2 aliphatic rings. The summed E-state index contributed by atoms with van der Waals surface area (Å²) in [5, 5.41) is 3.32. The Hall–Kier alpha value is -1.08. The van der Waals surface area contributed by atoms with Crippen LogP contribution in [0.15, 0.2) is 47.6 Å². The van der Waals surface area contributed by atoms with E-state index in [1.165, 1.54) is 11.1 Å². The Labute approximate surface area is 107 Å². The van der Waals surface area contributed by atoms with E-state index in [0.717, 1.165) is 25.9 Å². The number of hydrogen-bond donors (Lipinski definition) is 1. The van der Waals surface area contributed by atoms with Gasteiger partial charge in [0.15, 0.2) is 0 Å². The summed E-state index contributed by atoms with van der Waals surface area (Å²) in [5.41, 5.74) is 2.87. The van der Waals surface area contributed by atoms with Gasteiger partial charge in [-0.15, -0.1) is 0 Å². The summed E-state index contributed by atoms with van der Waals surface area (Å²) in [4.78, 5) is 0. The van der Waals surface area contributed by atoms with E-state index in [-0.39, 0.29) is 0 Å². The smallest absolute Gasteiger partial charge is 0.0140 e. The second-order valence-electron chi connectivity index (χ2n) is 3.37. The molecule has 0 aromatic rings. The minimum Gasteiger partial charge on any atom is -0.313 e. The fourth-order valence-corrected chi connectivity index (χ4v) is 1.68. The first-order chi connectivity index (χ1) is 8.47. The SMILES string of the molecule is C1=CCC=CC(C2=CCNCC2)=C1.CC.CC. The lowest BCUT2D eigenvalue weighted by Gasteiger charge is -2.14. The maximum Gasteiger partial charge on any atom is 0.0140 e. The van der Waals surface area contributed by atoms with E-state index in [4.69, 9.17) is 0 Å². The first kappa shape index (κ1) is 15.9. The summed E-state index contributed by atoms with van der Waals surface area (Å²) < 4.78 is 0. The number of allylic oxidation sites excluding steroid dienone is 6. The molecule has 0 radical (unpaired) electrons. The van der Waals surface area contributed by atoms with Crippen molar-refractivity contribution in [2.75, 3.05) is 13.1 Å². The molecule has 1 N–H and O–H groups in total. The molecule has 1 nitrogen and oxygen atoms in total. The molecular formula is C16H27N. The van der Waals surface area contributed by atoms with Crippen molar-refractivity contribution in [2.24, 2.45) is 0 Å². The average molecular weight is 233 g/mol. The molecule has 1 heterocycles. The summed E-state index contributed by atoms with van der Waals surface area (Å²) in [7, 11) is 0. The summed E-state index contributed by atoms with van der Waals surface area (Å²) >= 11 is 0. The van der Waals surface area contributed by atoms with Crippen LogP contribution < -0.4 is 5.32 Å². The monoisotopic (exact) mass is 233 g/mol. The Balaban J connectivity index is 0.000000581. The Bertz CT molecular complexity index is 293. The zero-order valence-corrected chi connectivity index (χ0v) is 11.8. The molecule has 17 heavy (non-hydrogen) atoms. The van der Waals surface area contributed by atoms with Crippen molar-refractivity contribution in [1.82, 2.24) is 5.32 Å². The molecule has 1 heteroatoms. The van der Waals surface area contributed by atoms with E-state index in [1.807, 2.05) is 27.7 Å². The van der Waals surface area contributed by atoms with Crippen LogP contribution in [0.1, 0.15) is 40.5 Å². The normalized spacial score (nSPS) is 17.6. The first-order valence-corrected chi connectivity index (χ1v) is 6.90. The maximum absolute atomic E-state index is 3.32. The van der Waals surface area contributed by atoms with Gasteiger partial charge < -0.3 is 5.32 Å². The van der Waals surface area contributed by atoms with E-state index in [9.17, 15) is 0 Å². The summed E-state index contributed by atoms with van der Waals surface area (Å²) in [6.45, 7) is 10.1. The van der Waals surface area contributed by atoms with Crippen LogP contribution in [-0.4, -0.2) is 13.1 Å². The number of nitrogens with one attached hydrogen (secondary N) is 1. The third-order valence-electron chi connectivity index (χ3n) is 2.42. The van der Waals surface area contributed by atoms with Crippen molar-refractivity contribution in [1.29, 1.82) is 0 Å². The topological polar surface area (TPSA) is 12.0 Å². The molecule has 1 aliphatic heterocycles. The van der Waals surface area contributed by atoms with Gasteiger partial charge >= 0.3 is 0 Å². The largest absolute Gasteiger partial charge is 0.313 e. The zero-order valence-electron chi connectivity index (χ0n) is 11.8. The molecule has 0 spiro atoms. The van der Waals surface area contributed by atoms with Crippen LogP contribution in [0, 0.1) is 0 Å². The van der Waals surface area contributed by atoms with Crippen LogP contribution in [0.3, 0.4) is 0 Å². The van der Waals surface area contributed by atoms with Crippen LogP contribution >= 0.6 is 0 Å². The highest BCUT2D eigenvalue weighted by Crippen LogP contribution is 2.18. The van der Waals surface area contributed by atoms with Crippen LogP contribution in [0.2, 0.25) is 0 Å². The Morgan fingerprint density at radius 1 is 1.06 bits per heavy atom. The van der Waals surface area contributed by atoms with Crippen LogP contribution in [0.4, 0.5) is 0 Å². The molecule has 0 amide bonds. The Morgan fingerprint density at radius 3 is 2.47 bits per heavy atom. The Morgan fingerprint density at radius 2 is 1.82 bits per heavy atom. The minimum atomic E-state index is 1.02. The molecule has 2 rings (SSSR count). The minimum absolute atomic E-state index is 1.02. The van der Waals surface area contributed by atoms with Crippen LogP contribution in [0.5, 0.6) is 0 Å². The molecule has 0 unspecified atom stereocenters. The molecule has 0 aromatic carbocycles. The van der Waals surface area contributed by atoms with Gasteiger partial charge in [-0.25, -0.2) is 0 Å². The van der Waals surface area contributed by atoms with Crippen molar-refractivity contribution in [2.45, 2.75) is 40.5 Å². The molecule has 0 aromatic heterocycles. The van der Waals surface area contributed by atoms with Crippen molar-refractivity contribution in [3.63, 3.8) is 0 Å². The number of hydrogen-bond acceptors (Lipinski definition) is 1. The molecule has 1 aliphatic carbocycles. The fraction of sp³-hybridized carbons (Fsp3) is 0.500. The average Bonchev–Trinajstić information content (AvgIpc) is 2.73. The second kappa shape index (κ2) is 11.4. The van der Waals surface area contributed by atoms with Gasteiger partial charge in [-0.2, -0.15) is 0 Å². The lowest BCUT2D eigenvalue weighted by atomic mass is 10.00.